The van der Waals surface area contributed by atoms with Crippen molar-refractivity contribution in [2.24, 2.45) is 0 Å². The number of hydrogen-bond donors (Lipinski definition) is 0. The van der Waals surface area contributed by atoms with E-state index < -0.39 is 16.5 Å². The number of carbonyl (C=O) groups is 1. The Labute approximate surface area is 85.0 Å². The van der Waals surface area contributed by atoms with E-state index in [0.29, 0.717) is 0 Å². The van der Waals surface area contributed by atoms with Crippen molar-refractivity contribution in [3.8, 4) is 0 Å². The Hall–Kier alpha value is -2.24. The van der Waals surface area contributed by atoms with Crippen molar-refractivity contribution in [1.82, 2.24) is 4.98 Å². The third-order valence-electron chi connectivity index (χ3n) is 1.66. The summed E-state index contributed by atoms with van der Waals surface area (Å²) in [6.07, 6.45) is 3.27. The van der Waals surface area contributed by atoms with Crippen LogP contribution in [0.25, 0.3) is 6.08 Å². The number of pyridine rings is 1. The Morgan fingerprint density at radius 1 is 1.60 bits per heavy atom. The molecule has 0 aliphatic heterocycles. The number of nitrogens with zero attached hydrogens (tertiary/aromatic N) is 2. The van der Waals surface area contributed by atoms with Crippen LogP contribution in [0, 0.1) is 10.1 Å². The summed E-state index contributed by atoms with van der Waals surface area (Å²) in [6.45, 7) is 1.10. The van der Waals surface area contributed by atoms with Gasteiger partial charge in [-0.25, -0.2) is 0 Å². The topological polar surface area (TPSA) is 96.2 Å². The lowest BCUT2D eigenvalue weighted by atomic mass is 10.2. The maximum Gasteiger partial charge on any atom is 0.294 e. The molecule has 0 bridgehead atoms. The third-order valence-corrected chi connectivity index (χ3v) is 1.66. The summed E-state index contributed by atoms with van der Waals surface area (Å²) in [6, 6.07) is 1.30. The maximum atomic E-state index is 11.0. The Bertz CT molecular complexity index is 439. The summed E-state index contributed by atoms with van der Waals surface area (Å²) in [7, 11) is 0. The lowest BCUT2D eigenvalue weighted by molar-refractivity contribution is -0.385. The molecule has 6 nitrogen and oxygen atoms in total. The minimum atomic E-state index is -0.774. The van der Waals surface area contributed by atoms with Crippen LogP contribution in [0.15, 0.2) is 24.2 Å². The van der Waals surface area contributed by atoms with Crippen LogP contribution in [0.2, 0.25) is 0 Å². The molecule has 0 N–H and O–H groups in total. The first kappa shape index (κ1) is 10.8. The van der Waals surface area contributed by atoms with Crippen molar-refractivity contribution >= 4 is 17.5 Å². The van der Waals surface area contributed by atoms with E-state index in [9.17, 15) is 20.0 Å². The SMILES string of the molecule is CC(=O)/C([O-])=C\c1ccncc1[N+](=O)[O-]. The van der Waals surface area contributed by atoms with E-state index in [1.54, 1.807) is 0 Å². The molecule has 1 aromatic heterocycles. The van der Waals surface area contributed by atoms with Gasteiger partial charge in [0.2, 0.25) is 0 Å². The number of aromatic nitrogens is 1. The predicted octanol–water partition coefficient (Wildman–Crippen LogP) is 0.280. The first-order valence-corrected chi connectivity index (χ1v) is 4.00. The molecular formula is C9H7N2O4-. The molecule has 0 atom stereocenters. The Morgan fingerprint density at radius 2 is 2.27 bits per heavy atom. The second kappa shape index (κ2) is 4.32. The van der Waals surface area contributed by atoms with Gasteiger partial charge in [0, 0.05) is 6.20 Å². The minimum absolute atomic E-state index is 0.0789. The molecule has 0 saturated heterocycles. The molecule has 0 unspecified atom stereocenters. The summed E-state index contributed by atoms with van der Waals surface area (Å²) < 4.78 is 0. The van der Waals surface area contributed by atoms with Crippen LogP contribution in [0.4, 0.5) is 5.69 Å². The third kappa shape index (κ3) is 2.60. The highest BCUT2D eigenvalue weighted by Crippen LogP contribution is 2.18. The monoisotopic (exact) mass is 207 g/mol. The van der Waals surface area contributed by atoms with Gasteiger partial charge < -0.3 is 5.11 Å². The van der Waals surface area contributed by atoms with Crippen LogP contribution >= 0.6 is 0 Å². The molecule has 15 heavy (non-hydrogen) atoms. The molecule has 1 aromatic rings. The molecule has 1 rings (SSSR count). The highest BCUT2D eigenvalue weighted by Gasteiger charge is 2.10. The Balaban J connectivity index is 3.20. The number of ketones is 1. The standard InChI is InChI=1S/C9H8N2O4/c1-6(12)9(13)4-7-2-3-10-5-8(7)11(14)15/h2-5,13H,1H3/p-1/b9-4+. The summed E-state index contributed by atoms with van der Waals surface area (Å²) >= 11 is 0. The molecule has 0 fully saturated rings. The van der Waals surface area contributed by atoms with Crippen LogP contribution in [0.3, 0.4) is 0 Å². The molecule has 0 saturated carbocycles. The van der Waals surface area contributed by atoms with Gasteiger partial charge in [-0.3, -0.25) is 19.9 Å². The number of Topliss-reactive ketones (excluding diaryl/α,β-unsaturated/α-hetero) is 1. The zero-order chi connectivity index (χ0) is 11.4. The molecular weight excluding hydrogens is 200 g/mol. The second-order valence-electron chi connectivity index (χ2n) is 2.76. The largest absolute Gasteiger partial charge is 0.870 e. The Morgan fingerprint density at radius 3 is 2.80 bits per heavy atom. The summed E-state index contributed by atoms with van der Waals surface area (Å²) in [5.74, 6) is -1.44. The quantitative estimate of drug-likeness (QED) is 0.307. The van der Waals surface area contributed by atoms with Gasteiger partial charge in [0.15, 0.2) is 0 Å². The fourth-order valence-corrected chi connectivity index (χ4v) is 0.914. The lowest BCUT2D eigenvalue weighted by Gasteiger charge is -2.06. The fourth-order valence-electron chi connectivity index (χ4n) is 0.914. The molecule has 0 radical (unpaired) electrons. The van der Waals surface area contributed by atoms with E-state index in [2.05, 4.69) is 4.98 Å². The van der Waals surface area contributed by atoms with E-state index in [-0.39, 0.29) is 11.3 Å². The first-order chi connectivity index (χ1) is 7.02. The van der Waals surface area contributed by atoms with Crippen molar-refractivity contribution in [3.63, 3.8) is 0 Å². The molecule has 0 spiro atoms. The highest BCUT2D eigenvalue weighted by molar-refractivity contribution is 5.95. The normalized spacial score (nSPS) is 11.1. The van der Waals surface area contributed by atoms with Gasteiger partial charge in [0.1, 0.15) is 12.0 Å². The van der Waals surface area contributed by atoms with Crippen molar-refractivity contribution in [2.45, 2.75) is 6.92 Å². The molecule has 0 amide bonds. The van der Waals surface area contributed by atoms with Crippen molar-refractivity contribution in [2.75, 3.05) is 0 Å². The average Bonchev–Trinajstić information content (AvgIpc) is 2.18. The maximum absolute atomic E-state index is 11.0. The van der Waals surface area contributed by atoms with E-state index >= 15 is 0 Å². The number of carbonyl (C=O) groups excluding carboxylic acids is 1. The van der Waals surface area contributed by atoms with E-state index in [0.717, 1.165) is 19.2 Å². The highest BCUT2D eigenvalue weighted by atomic mass is 16.6. The molecule has 6 heteroatoms. The smallest absolute Gasteiger partial charge is 0.294 e. The van der Waals surface area contributed by atoms with E-state index in [1.807, 2.05) is 0 Å². The van der Waals surface area contributed by atoms with Crippen molar-refractivity contribution in [1.29, 1.82) is 0 Å². The van der Waals surface area contributed by atoms with Gasteiger partial charge in [-0.05, 0) is 13.0 Å². The van der Waals surface area contributed by atoms with E-state index in [4.69, 9.17) is 0 Å². The number of nitro groups is 1. The van der Waals surface area contributed by atoms with Gasteiger partial charge >= 0.3 is 0 Å². The fraction of sp³-hybridized carbons (Fsp3) is 0.111. The van der Waals surface area contributed by atoms with Crippen molar-refractivity contribution in [3.05, 3.63) is 39.9 Å². The lowest BCUT2D eigenvalue weighted by Crippen LogP contribution is -2.11. The summed E-state index contributed by atoms with van der Waals surface area (Å²) in [5, 5.41) is 21.6. The van der Waals surface area contributed by atoms with Gasteiger partial charge in [-0.15, -0.1) is 0 Å². The van der Waals surface area contributed by atoms with Gasteiger partial charge in [0.25, 0.3) is 5.69 Å². The molecule has 0 aliphatic rings. The van der Waals surface area contributed by atoms with E-state index in [1.165, 1.54) is 12.3 Å². The first-order valence-electron chi connectivity index (χ1n) is 4.00. The summed E-state index contributed by atoms with van der Waals surface area (Å²) in [4.78, 5) is 24.1. The second-order valence-corrected chi connectivity index (χ2v) is 2.76. The van der Waals surface area contributed by atoms with Gasteiger partial charge in [0.05, 0.1) is 10.5 Å². The van der Waals surface area contributed by atoms with Crippen LogP contribution in [0.1, 0.15) is 12.5 Å². The Kier molecular flexibility index (Phi) is 3.12. The van der Waals surface area contributed by atoms with Crippen LogP contribution < -0.4 is 5.11 Å². The van der Waals surface area contributed by atoms with Gasteiger partial charge in [-0.1, -0.05) is 11.8 Å². The molecule has 0 aliphatic carbocycles. The van der Waals surface area contributed by atoms with Crippen LogP contribution in [0.5, 0.6) is 0 Å². The summed E-state index contributed by atoms with van der Waals surface area (Å²) in [5.41, 5.74) is -0.220. The molecule has 0 aromatic carbocycles. The molecule has 78 valence electrons. The average molecular weight is 207 g/mol. The zero-order valence-corrected chi connectivity index (χ0v) is 7.84. The predicted molar refractivity (Wildman–Crippen MR) is 49.5 cm³/mol. The van der Waals surface area contributed by atoms with Gasteiger partial charge in [-0.2, -0.15) is 0 Å². The molecule has 1 heterocycles. The number of allylic oxidation sites excluding steroid dienone is 1. The van der Waals surface area contributed by atoms with Crippen LogP contribution in [-0.4, -0.2) is 15.7 Å². The van der Waals surface area contributed by atoms with Crippen molar-refractivity contribution < 1.29 is 14.8 Å². The minimum Gasteiger partial charge on any atom is -0.870 e. The van der Waals surface area contributed by atoms with Crippen LogP contribution in [-0.2, 0) is 4.79 Å². The zero-order valence-electron chi connectivity index (χ0n) is 7.84. The number of hydrogen-bond acceptors (Lipinski definition) is 5. The number of rotatable bonds is 3.